The van der Waals surface area contributed by atoms with E-state index in [0.29, 0.717) is 0 Å². The van der Waals surface area contributed by atoms with Crippen molar-refractivity contribution < 1.29 is 14.3 Å². The van der Waals surface area contributed by atoms with Gasteiger partial charge in [0.2, 0.25) is 0 Å². The van der Waals surface area contributed by atoms with Gasteiger partial charge in [0.15, 0.2) is 6.61 Å². The lowest BCUT2D eigenvalue weighted by atomic mass is 10.1. The number of ether oxygens (including phenoxy) is 1. The molecule has 3 rings (SSSR count). The Hall–Kier alpha value is -3.08. The standard InChI is InChI=1S/C22H24N2O3/c1-3-16-8-10-17(11-9-16)15(2)24-21(25)14-27-22(26)12-18-13-23-20-7-5-4-6-19(18)20/h4-11,13,15,23H,3,12,14H2,1-2H3,(H,24,25). The van der Waals surface area contributed by atoms with Gasteiger partial charge < -0.3 is 15.0 Å². The van der Waals surface area contributed by atoms with E-state index in [1.807, 2.05) is 43.3 Å². The maximum Gasteiger partial charge on any atom is 0.310 e. The summed E-state index contributed by atoms with van der Waals surface area (Å²) in [6, 6.07) is 15.7. The molecular weight excluding hydrogens is 340 g/mol. The maximum absolute atomic E-state index is 12.1. The van der Waals surface area contributed by atoms with Gasteiger partial charge in [-0.15, -0.1) is 0 Å². The van der Waals surface area contributed by atoms with Crippen molar-refractivity contribution in [2.24, 2.45) is 0 Å². The van der Waals surface area contributed by atoms with Gasteiger partial charge >= 0.3 is 5.97 Å². The van der Waals surface area contributed by atoms with Crippen LogP contribution in [0.4, 0.5) is 0 Å². The first kappa shape index (κ1) is 18.7. The Labute approximate surface area is 158 Å². The third kappa shape index (κ3) is 4.76. The highest BCUT2D eigenvalue weighted by Gasteiger charge is 2.14. The van der Waals surface area contributed by atoms with Crippen LogP contribution in [0.1, 0.15) is 36.6 Å². The summed E-state index contributed by atoms with van der Waals surface area (Å²) in [7, 11) is 0. The number of rotatable bonds is 7. The fourth-order valence-electron chi connectivity index (χ4n) is 3.04. The number of hydrogen-bond acceptors (Lipinski definition) is 3. The van der Waals surface area contributed by atoms with Crippen LogP contribution in [0.2, 0.25) is 0 Å². The quantitative estimate of drug-likeness (QED) is 0.628. The number of aryl methyl sites for hydroxylation is 1. The molecule has 1 heterocycles. The molecule has 0 aliphatic rings. The normalized spacial score (nSPS) is 11.9. The summed E-state index contributed by atoms with van der Waals surface area (Å²) in [4.78, 5) is 27.3. The second-order valence-electron chi connectivity index (χ2n) is 6.58. The van der Waals surface area contributed by atoms with Crippen LogP contribution in [0.25, 0.3) is 10.9 Å². The maximum atomic E-state index is 12.1. The minimum atomic E-state index is -0.421. The van der Waals surface area contributed by atoms with E-state index in [4.69, 9.17) is 4.74 Å². The number of nitrogens with one attached hydrogen (secondary N) is 2. The molecule has 0 fully saturated rings. The molecule has 1 unspecified atom stereocenters. The number of carbonyl (C=O) groups is 2. The number of fused-ring (bicyclic) bond motifs is 1. The minimum absolute atomic E-state index is 0.130. The van der Waals surface area contributed by atoms with Crippen molar-refractivity contribution in [2.75, 3.05) is 6.61 Å². The van der Waals surface area contributed by atoms with Gasteiger partial charge in [0.25, 0.3) is 5.91 Å². The van der Waals surface area contributed by atoms with Crippen LogP contribution in [0.5, 0.6) is 0 Å². The highest BCUT2D eigenvalue weighted by atomic mass is 16.5. The van der Waals surface area contributed by atoms with E-state index in [1.54, 1.807) is 6.20 Å². The Kier molecular flexibility index (Phi) is 5.91. The van der Waals surface area contributed by atoms with Crippen molar-refractivity contribution in [2.45, 2.75) is 32.7 Å². The number of amides is 1. The topological polar surface area (TPSA) is 71.2 Å². The lowest BCUT2D eigenvalue weighted by Crippen LogP contribution is -2.31. The third-order valence-electron chi connectivity index (χ3n) is 4.64. The van der Waals surface area contributed by atoms with E-state index >= 15 is 0 Å². The molecule has 0 aliphatic carbocycles. The van der Waals surface area contributed by atoms with Crippen LogP contribution >= 0.6 is 0 Å². The average Bonchev–Trinajstić information content (AvgIpc) is 3.09. The van der Waals surface area contributed by atoms with Crippen LogP contribution in [0.3, 0.4) is 0 Å². The fraction of sp³-hybridized carbons (Fsp3) is 0.273. The molecule has 2 N–H and O–H groups in total. The van der Waals surface area contributed by atoms with Crippen molar-refractivity contribution >= 4 is 22.8 Å². The molecule has 140 valence electrons. The molecule has 3 aromatic rings. The molecule has 2 aromatic carbocycles. The Balaban J connectivity index is 1.48. The van der Waals surface area contributed by atoms with Crippen molar-refractivity contribution in [3.63, 3.8) is 0 Å². The predicted octanol–water partition coefficient (Wildman–Crippen LogP) is 3.69. The van der Waals surface area contributed by atoms with Crippen LogP contribution in [0.15, 0.2) is 54.7 Å². The van der Waals surface area contributed by atoms with Gasteiger partial charge in [-0.05, 0) is 36.1 Å². The number of hydrogen-bond donors (Lipinski definition) is 2. The van der Waals surface area contributed by atoms with Crippen LogP contribution in [-0.2, 0) is 27.2 Å². The second-order valence-corrected chi connectivity index (χ2v) is 6.58. The number of aromatic nitrogens is 1. The third-order valence-corrected chi connectivity index (χ3v) is 4.64. The molecule has 0 radical (unpaired) electrons. The largest absolute Gasteiger partial charge is 0.455 e. The average molecular weight is 364 g/mol. The van der Waals surface area contributed by atoms with E-state index in [-0.39, 0.29) is 25.0 Å². The molecular formula is C22H24N2O3. The summed E-state index contributed by atoms with van der Waals surface area (Å²) in [5.74, 6) is -0.732. The van der Waals surface area contributed by atoms with E-state index in [1.165, 1.54) is 5.56 Å². The SMILES string of the molecule is CCc1ccc(C(C)NC(=O)COC(=O)Cc2c[nH]c3ccccc23)cc1. The molecule has 0 aliphatic heterocycles. The van der Waals surface area contributed by atoms with Gasteiger partial charge in [-0.1, -0.05) is 49.4 Å². The first-order valence-electron chi connectivity index (χ1n) is 9.15. The minimum Gasteiger partial charge on any atom is -0.455 e. The van der Waals surface area contributed by atoms with Crippen molar-refractivity contribution in [1.82, 2.24) is 10.3 Å². The van der Waals surface area contributed by atoms with Gasteiger partial charge in [0.1, 0.15) is 0 Å². The number of para-hydroxylation sites is 1. The summed E-state index contributed by atoms with van der Waals surface area (Å²) >= 11 is 0. The molecule has 1 amide bonds. The fourth-order valence-corrected chi connectivity index (χ4v) is 3.04. The summed E-state index contributed by atoms with van der Waals surface area (Å²) in [6.45, 7) is 3.73. The zero-order valence-electron chi connectivity index (χ0n) is 15.6. The van der Waals surface area contributed by atoms with E-state index in [2.05, 4.69) is 29.4 Å². The molecule has 0 saturated heterocycles. The first-order chi connectivity index (χ1) is 13.1. The van der Waals surface area contributed by atoms with Crippen molar-refractivity contribution in [3.8, 4) is 0 Å². The van der Waals surface area contributed by atoms with E-state index in [0.717, 1.165) is 28.5 Å². The highest BCUT2D eigenvalue weighted by molar-refractivity contribution is 5.88. The zero-order chi connectivity index (χ0) is 19.2. The Morgan fingerprint density at radius 1 is 1.11 bits per heavy atom. The molecule has 1 atom stereocenters. The lowest BCUT2D eigenvalue weighted by Gasteiger charge is -2.15. The van der Waals surface area contributed by atoms with Crippen molar-refractivity contribution in [1.29, 1.82) is 0 Å². The summed E-state index contributed by atoms with van der Waals surface area (Å²) < 4.78 is 5.13. The number of carbonyl (C=O) groups excluding carboxylic acids is 2. The predicted molar refractivity (Wildman–Crippen MR) is 105 cm³/mol. The van der Waals surface area contributed by atoms with Crippen LogP contribution < -0.4 is 5.32 Å². The molecule has 5 heteroatoms. The summed E-state index contributed by atoms with van der Waals surface area (Å²) in [6.07, 6.45) is 2.91. The highest BCUT2D eigenvalue weighted by Crippen LogP contribution is 2.18. The van der Waals surface area contributed by atoms with Gasteiger partial charge in [0.05, 0.1) is 12.5 Å². The second kappa shape index (κ2) is 8.54. The Morgan fingerprint density at radius 2 is 1.85 bits per heavy atom. The summed E-state index contributed by atoms with van der Waals surface area (Å²) in [5, 5.41) is 3.84. The zero-order valence-corrected chi connectivity index (χ0v) is 15.6. The number of aromatic amines is 1. The van der Waals surface area contributed by atoms with Crippen molar-refractivity contribution in [3.05, 3.63) is 71.4 Å². The molecule has 5 nitrogen and oxygen atoms in total. The smallest absolute Gasteiger partial charge is 0.310 e. The van der Waals surface area contributed by atoms with Gasteiger partial charge in [-0.25, -0.2) is 0 Å². The first-order valence-corrected chi connectivity index (χ1v) is 9.15. The Morgan fingerprint density at radius 3 is 2.59 bits per heavy atom. The number of esters is 1. The van der Waals surface area contributed by atoms with E-state index < -0.39 is 5.97 Å². The van der Waals surface area contributed by atoms with Gasteiger partial charge in [-0.3, -0.25) is 9.59 Å². The molecule has 0 bridgehead atoms. The van der Waals surface area contributed by atoms with Gasteiger partial charge in [-0.2, -0.15) is 0 Å². The summed E-state index contributed by atoms with van der Waals surface area (Å²) in [5.41, 5.74) is 4.11. The lowest BCUT2D eigenvalue weighted by molar-refractivity contribution is -0.148. The Bertz CT molecular complexity index is 928. The monoisotopic (exact) mass is 364 g/mol. The number of H-pyrrole nitrogens is 1. The number of benzene rings is 2. The van der Waals surface area contributed by atoms with Crippen LogP contribution in [-0.4, -0.2) is 23.5 Å². The van der Waals surface area contributed by atoms with E-state index in [9.17, 15) is 9.59 Å². The van der Waals surface area contributed by atoms with Crippen LogP contribution in [0, 0.1) is 0 Å². The molecule has 27 heavy (non-hydrogen) atoms. The molecule has 0 saturated carbocycles. The molecule has 1 aromatic heterocycles. The molecule has 0 spiro atoms. The van der Waals surface area contributed by atoms with Gasteiger partial charge in [0, 0.05) is 17.1 Å².